The van der Waals surface area contributed by atoms with Crippen LogP contribution in [-0.4, -0.2) is 16.2 Å². The van der Waals surface area contributed by atoms with Crippen LogP contribution in [0.25, 0.3) is 0 Å². The minimum Gasteiger partial charge on any atom is -0.507 e. The summed E-state index contributed by atoms with van der Waals surface area (Å²) in [5.41, 5.74) is 9.22. The zero-order valence-corrected chi connectivity index (χ0v) is 21.0. The molecule has 0 aliphatic heterocycles. The molecule has 0 aromatic heterocycles. The number of benzene rings is 4. The maximum atomic E-state index is 12.3. The van der Waals surface area contributed by atoms with E-state index in [0.717, 1.165) is 44.5 Å². The molecule has 0 saturated heterocycles. The summed E-state index contributed by atoms with van der Waals surface area (Å²) >= 11 is 0. The van der Waals surface area contributed by atoms with E-state index in [4.69, 9.17) is 0 Å². The van der Waals surface area contributed by atoms with Gasteiger partial charge in [-0.3, -0.25) is 0 Å². The number of hydrogen-bond donors (Lipinski definition) is 2. The summed E-state index contributed by atoms with van der Waals surface area (Å²) < 4.78 is 0. The van der Waals surface area contributed by atoms with Gasteiger partial charge >= 0.3 is 5.97 Å². The molecule has 1 unspecified atom stereocenters. The van der Waals surface area contributed by atoms with E-state index in [-0.39, 0.29) is 23.1 Å². The molecule has 3 nitrogen and oxygen atoms in total. The second kappa shape index (κ2) is 9.79. The Morgan fingerprint density at radius 2 is 1.23 bits per heavy atom. The zero-order chi connectivity index (χ0) is 25.3. The molecular weight excluding hydrogens is 432 g/mol. The number of carboxylic acids is 1. The minimum atomic E-state index is -1.13. The molecule has 0 spiro atoms. The van der Waals surface area contributed by atoms with Gasteiger partial charge in [-0.05, 0) is 78.3 Å². The number of carboxylic acid groups (broad SMARTS) is 1. The Balaban J connectivity index is 2.05. The van der Waals surface area contributed by atoms with E-state index in [1.807, 2.05) is 48.5 Å². The number of hydrogen-bond acceptors (Lipinski definition) is 2. The third kappa shape index (κ3) is 4.59. The van der Waals surface area contributed by atoms with Crippen molar-refractivity contribution >= 4 is 5.97 Å². The van der Waals surface area contributed by atoms with E-state index in [1.165, 1.54) is 0 Å². The van der Waals surface area contributed by atoms with Crippen molar-refractivity contribution in [2.75, 3.05) is 0 Å². The largest absolute Gasteiger partial charge is 0.507 e. The second-order valence-electron chi connectivity index (χ2n) is 9.46. The van der Waals surface area contributed by atoms with Crippen molar-refractivity contribution < 1.29 is 15.0 Å². The molecule has 2 N–H and O–H groups in total. The van der Waals surface area contributed by atoms with E-state index in [9.17, 15) is 15.0 Å². The molecule has 178 valence electrons. The first-order valence-corrected chi connectivity index (χ1v) is 12.0. The lowest BCUT2D eigenvalue weighted by Crippen LogP contribution is -2.12. The van der Waals surface area contributed by atoms with Crippen LogP contribution in [0.15, 0.2) is 78.9 Å². The molecule has 0 radical (unpaired) electrons. The highest BCUT2D eigenvalue weighted by molar-refractivity contribution is 5.92. The van der Waals surface area contributed by atoms with Crippen molar-refractivity contribution in [3.63, 3.8) is 0 Å². The van der Waals surface area contributed by atoms with Gasteiger partial charge in [0.1, 0.15) is 11.3 Å². The fourth-order valence-corrected chi connectivity index (χ4v) is 4.92. The van der Waals surface area contributed by atoms with Crippen LogP contribution >= 0.6 is 0 Å². The van der Waals surface area contributed by atoms with Gasteiger partial charge in [-0.2, -0.15) is 0 Å². The molecule has 1 atom stereocenters. The average Bonchev–Trinajstić information content (AvgIpc) is 2.85. The summed E-state index contributed by atoms with van der Waals surface area (Å²) in [7, 11) is 0. The molecule has 0 saturated carbocycles. The Morgan fingerprint density at radius 3 is 1.74 bits per heavy atom. The monoisotopic (exact) mass is 464 g/mol. The first kappa shape index (κ1) is 24.3. The van der Waals surface area contributed by atoms with Crippen molar-refractivity contribution in [3.05, 3.63) is 134 Å². The van der Waals surface area contributed by atoms with Gasteiger partial charge in [0.25, 0.3) is 0 Å². The lowest BCUT2D eigenvalue weighted by Gasteiger charge is -2.27. The normalized spacial score (nSPS) is 12.1. The van der Waals surface area contributed by atoms with Crippen LogP contribution in [0.5, 0.6) is 5.75 Å². The Kier molecular flexibility index (Phi) is 6.79. The van der Waals surface area contributed by atoms with E-state index in [1.54, 1.807) is 6.07 Å². The molecule has 0 bridgehead atoms. The molecule has 4 rings (SSSR count). The van der Waals surface area contributed by atoms with Gasteiger partial charge in [0.2, 0.25) is 0 Å². The van der Waals surface area contributed by atoms with E-state index < -0.39 is 5.97 Å². The predicted molar refractivity (Wildman–Crippen MR) is 142 cm³/mol. The summed E-state index contributed by atoms with van der Waals surface area (Å²) in [6, 6.07) is 26.0. The molecule has 4 aromatic rings. The Morgan fingerprint density at radius 1 is 0.686 bits per heavy atom. The molecule has 4 aromatic carbocycles. The first-order chi connectivity index (χ1) is 16.7. The zero-order valence-electron chi connectivity index (χ0n) is 21.0. The van der Waals surface area contributed by atoms with E-state index in [0.29, 0.717) is 5.56 Å². The third-order valence-electron chi connectivity index (χ3n) is 7.42. The molecule has 0 fully saturated rings. The number of phenols is 1. The smallest absolute Gasteiger partial charge is 0.339 e. The molecular formula is C32H32O3. The average molecular weight is 465 g/mol. The van der Waals surface area contributed by atoms with Crippen molar-refractivity contribution in [2.24, 2.45) is 0 Å². The number of aromatic carboxylic acids is 1. The maximum Gasteiger partial charge on any atom is 0.339 e. The summed E-state index contributed by atoms with van der Waals surface area (Å²) in [6.45, 7) is 10.4. The Hall–Kier alpha value is -3.85. The van der Waals surface area contributed by atoms with E-state index >= 15 is 0 Å². The van der Waals surface area contributed by atoms with Gasteiger partial charge in [-0.15, -0.1) is 0 Å². The fraction of sp³-hybridized carbons (Fsp3) is 0.219. The highest BCUT2D eigenvalue weighted by Gasteiger charge is 2.28. The number of aromatic hydroxyl groups is 1. The summed E-state index contributed by atoms with van der Waals surface area (Å²) in [4.78, 5) is 12.3. The molecule has 0 aliphatic rings. The quantitative estimate of drug-likeness (QED) is 0.288. The van der Waals surface area contributed by atoms with Crippen molar-refractivity contribution in [3.8, 4) is 5.75 Å². The van der Waals surface area contributed by atoms with Crippen LogP contribution in [0, 0.1) is 27.7 Å². The molecule has 0 aliphatic carbocycles. The van der Waals surface area contributed by atoms with Crippen LogP contribution in [-0.2, 0) is 0 Å². The number of aryl methyl sites for hydroxylation is 2. The SMILES string of the molecule is Cc1cccc(C(c2cccc(C)c2C)c2cc(C(C)c3ccccc3)cc(C(=O)O)c2O)c1C. The standard InChI is InChI=1S/C32H32O3/c1-19-11-9-15-26(21(19)3)30(27-16-10-12-20(2)22(27)4)28-17-25(18-29(31(28)33)32(34)35)23(5)24-13-7-6-8-14-24/h6-18,23,30,33H,1-5H3,(H,34,35). The fourth-order valence-electron chi connectivity index (χ4n) is 4.92. The van der Waals surface area contributed by atoms with Crippen LogP contribution < -0.4 is 0 Å². The third-order valence-corrected chi connectivity index (χ3v) is 7.42. The number of carbonyl (C=O) groups is 1. The summed E-state index contributed by atoms with van der Waals surface area (Å²) in [5, 5.41) is 21.4. The molecule has 0 amide bonds. The minimum absolute atomic E-state index is 0.0356. The number of rotatable bonds is 6. The highest BCUT2D eigenvalue weighted by Crippen LogP contribution is 2.43. The lowest BCUT2D eigenvalue weighted by atomic mass is 9.77. The van der Waals surface area contributed by atoms with Crippen LogP contribution in [0.3, 0.4) is 0 Å². The van der Waals surface area contributed by atoms with Gasteiger partial charge in [-0.25, -0.2) is 4.79 Å². The van der Waals surface area contributed by atoms with Crippen LogP contribution in [0.2, 0.25) is 0 Å². The molecule has 0 heterocycles. The van der Waals surface area contributed by atoms with Gasteiger partial charge in [-0.1, -0.05) is 79.7 Å². The second-order valence-corrected chi connectivity index (χ2v) is 9.46. The lowest BCUT2D eigenvalue weighted by molar-refractivity contribution is 0.0693. The maximum absolute atomic E-state index is 12.3. The molecule has 3 heteroatoms. The topological polar surface area (TPSA) is 57.5 Å². The molecule has 35 heavy (non-hydrogen) atoms. The van der Waals surface area contributed by atoms with E-state index in [2.05, 4.69) is 58.9 Å². The van der Waals surface area contributed by atoms with Crippen molar-refractivity contribution in [1.29, 1.82) is 0 Å². The summed E-state index contributed by atoms with van der Waals surface area (Å²) in [6.07, 6.45) is 0. The van der Waals surface area contributed by atoms with Gasteiger partial charge < -0.3 is 10.2 Å². The van der Waals surface area contributed by atoms with Crippen LogP contribution in [0.4, 0.5) is 0 Å². The van der Waals surface area contributed by atoms with Gasteiger partial charge in [0.15, 0.2) is 0 Å². The van der Waals surface area contributed by atoms with Gasteiger partial charge in [0.05, 0.1) is 0 Å². The van der Waals surface area contributed by atoms with Gasteiger partial charge in [0, 0.05) is 17.4 Å². The Labute approximate surface area is 207 Å². The highest BCUT2D eigenvalue weighted by atomic mass is 16.4. The predicted octanol–water partition coefficient (Wildman–Crippen LogP) is 7.66. The first-order valence-electron chi connectivity index (χ1n) is 12.0. The van der Waals surface area contributed by atoms with Crippen LogP contribution in [0.1, 0.15) is 79.2 Å². The Bertz CT molecular complexity index is 1330. The summed E-state index contributed by atoms with van der Waals surface area (Å²) in [5.74, 6) is -1.65. The van der Waals surface area contributed by atoms with Crippen molar-refractivity contribution in [2.45, 2.75) is 46.5 Å². The van der Waals surface area contributed by atoms with Crippen molar-refractivity contribution in [1.82, 2.24) is 0 Å².